The van der Waals surface area contributed by atoms with Crippen LogP contribution < -0.4 is 5.32 Å². The van der Waals surface area contributed by atoms with Gasteiger partial charge in [-0.3, -0.25) is 0 Å². The number of pyridine rings is 1. The van der Waals surface area contributed by atoms with Gasteiger partial charge in [0.1, 0.15) is 29.3 Å². The Morgan fingerprint density at radius 2 is 1.89 bits per heavy atom. The van der Waals surface area contributed by atoms with E-state index in [0.29, 0.717) is 11.3 Å². The standard InChI is InChI=1S/C17H14Cl2F2N4O2S/c1-8-17(28(2,26)27)25-16(23-8)14(9-3-4-13(21)11(18)5-9)24-15-12(19)6-10(20)7-22-15/h3-7,14H,1-2H3,(H,22,24)(H,23,25)/t14-/m0/s1. The van der Waals surface area contributed by atoms with Gasteiger partial charge in [0.15, 0.2) is 14.9 Å². The van der Waals surface area contributed by atoms with Crippen molar-refractivity contribution >= 4 is 38.9 Å². The molecular weight excluding hydrogens is 433 g/mol. The first-order valence-electron chi connectivity index (χ1n) is 7.85. The number of nitrogens with one attached hydrogen (secondary N) is 2. The summed E-state index contributed by atoms with van der Waals surface area (Å²) < 4.78 is 50.7. The van der Waals surface area contributed by atoms with Gasteiger partial charge in [0.2, 0.25) is 0 Å². The van der Waals surface area contributed by atoms with Crippen molar-refractivity contribution in [3.63, 3.8) is 0 Å². The molecule has 1 aromatic carbocycles. The van der Waals surface area contributed by atoms with Crippen molar-refractivity contribution in [1.29, 1.82) is 0 Å². The van der Waals surface area contributed by atoms with E-state index in [-0.39, 0.29) is 26.7 Å². The molecule has 28 heavy (non-hydrogen) atoms. The van der Waals surface area contributed by atoms with Crippen molar-refractivity contribution in [3.8, 4) is 0 Å². The van der Waals surface area contributed by atoms with Gasteiger partial charge in [0.25, 0.3) is 0 Å². The summed E-state index contributed by atoms with van der Waals surface area (Å²) in [5.74, 6) is -0.897. The van der Waals surface area contributed by atoms with Crippen LogP contribution in [0.4, 0.5) is 14.6 Å². The van der Waals surface area contributed by atoms with Crippen molar-refractivity contribution < 1.29 is 17.2 Å². The summed E-state index contributed by atoms with van der Waals surface area (Å²) >= 11 is 11.9. The zero-order valence-corrected chi connectivity index (χ0v) is 16.9. The molecule has 0 spiro atoms. The number of nitrogens with zero attached hydrogens (tertiary/aromatic N) is 2. The summed E-state index contributed by atoms with van der Waals surface area (Å²) in [4.78, 5) is 11.0. The van der Waals surface area contributed by atoms with E-state index in [4.69, 9.17) is 23.2 Å². The second kappa shape index (κ2) is 7.65. The molecule has 0 aliphatic rings. The van der Waals surface area contributed by atoms with Gasteiger partial charge >= 0.3 is 0 Å². The number of rotatable bonds is 5. The minimum absolute atomic E-state index is 0.00447. The van der Waals surface area contributed by atoms with Crippen molar-refractivity contribution in [3.05, 3.63) is 69.2 Å². The number of imidazole rings is 1. The Morgan fingerprint density at radius 1 is 1.18 bits per heavy atom. The lowest BCUT2D eigenvalue weighted by atomic mass is 10.1. The number of sulfone groups is 1. The predicted molar refractivity (Wildman–Crippen MR) is 103 cm³/mol. The summed E-state index contributed by atoms with van der Waals surface area (Å²) in [7, 11) is -3.58. The number of hydrogen-bond acceptors (Lipinski definition) is 5. The molecule has 2 heterocycles. The highest BCUT2D eigenvalue weighted by Gasteiger charge is 2.25. The van der Waals surface area contributed by atoms with E-state index in [9.17, 15) is 17.2 Å². The topological polar surface area (TPSA) is 87.7 Å². The van der Waals surface area contributed by atoms with Gasteiger partial charge in [-0.1, -0.05) is 29.3 Å². The molecule has 3 rings (SSSR count). The smallest absolute Gasteiger partial charge is 0.194 e. The van der Waals surface area contributed by atoms with Gasteiger partial charge in [-0.05, 0) is 30.7 Å². The van der Waals surface area contributed by atoms with Crippen molar-refractivity contribution in [2.45, 2.75) is 18.0 Å². The molecular formula is C17H14Cl2F2N4O2S. The van der Waals surface area contributed by atoms with E-state index in [2.05, 4.69) is 20.3 Å². The Hall–Kier alpha value is -2.23. The molecule has 2 aromatic heterocycles. The number of H-pyrrole nitrogens is 1. The maximum atomic E-state index is 13.6. The highest BCUT2D eigenvalue weighted by Crippen LogP contribution is 2.31. The first kappa shape index (κ1) is 20.5. The van der Waals surface area contributed by atoms with Crippen molar-refractivity contribution in [2.24, 2.45) is 0 Å². The SMILES string of the molecule is Cc1[nH]c([C@@H](Nc2ncc(F)cc2Cl)c2ccc(F)c(Cl)c2)nc1S(C)(=O)=O. The van der Waals surface area contributed by atoms with Gasteiger partial charge < -0.3 is 10.3 Å². The zero-order chi connectivity index (χ0) is 20.6. The lowest BCUT2D eigenvalue weighted by Gasteiger charge is -2.19. The maximum absolute atomic E-state index is 13.6. The first-order valence-corrected chi connectivity index (χ1v) is 10.5. The second-order valence-corrected chi connectivity index (χ2v) is 8.80. The molecule has 3 aromatic rings. The molecule has 0 unspecified atom stereocenters. The number of anilines is 1. The first-order chi connectivity index (χ1) is 13.1. The molecule has 0 radical (unpaired) electrons. The van der Waals surface area contributed by atoms with Crippen LogP contribution in [0.2, 0.25) is 10.0 Å². The summed E-state index contributed by atoms with van der Waals surface area (Å²) in [6.45, 7) is 1.56. The third kappa shape index (κ3) is 4.26. The minimum atomic E-state index is -3.58. The largest absolute Gasteiger partial charge is 0.355 e. The molecule has 11 heteroatoms. The molecule has 0 aliphatic carbocycles. The Bertz CT molecular complexity index is 1150. The molecule has 0 bridgehead atoms. The molecule has 1 atom stereocenters. The Morgan fingerprint density at radius 3 is 2.46 bits per heavy atom. The van der Waals surface area contributed by atoms with Crippen LogP contribution in [0.25, 0.3) is 0 Å². The number of benzene rings is 1. The number of aromatic amines is 1. The Labute approximate surface area is 169 Å². The van der Waals surface area contributed by atoms with Crippen molar-refractivity contribution in [2.75, 3.05) is 11.6 Å². The quantitative estimate of drug-likeness (QED) is 0.609. The van der Waals surface area contributed by atoms with E-state index in [1.165, 1.54) is 18.2 Å². The average Bonchev–Trinajstić information content (AvgIpc) is 2.99. The third-order valence-electron chi connectivity index (χ3n) is 3.85. The van der Waals surface area contributed by atoms with Gasteiger partial charge in [0.05, 0.1) is 21.9 Å². The zero-order valence-electron chi connectivity index (χ0n) is 14.6. The summed E-state index contributed by atoms with van der Waals surface area (Å²) in [5.41, 5.74) is 0.790. The van der Waals surface area contributed by atoms with Gasteiger partial charge in [-0.2, -0.15) is 0 Å². The monoisotopic (exact) mass is 446 g/mol. The Kier molecular flexibility index (Phi) is 5.60. The molecule has 2 N–H and O–H groups in total. The van der Waals surface area contributed by atoms with Gasteiger partial charge in [-0.25, -0.2) is 27.2 Å². The molecule has 0 saturated carbocycles. The van der Waals surface area contributed by atoms with E-state index < -0.39 is 27.5 Å². The molecule has 0 amide bonds. The highest BCUT2D eigenvalue weighted by atomic mass is 35.5. The van der Waals surface area contributed by atoms with Crippen LogP contribution in [-0.2, 0) is 9.84 Å². The second-order valence-electron chi connectivity index (χ2n) is 6.06. The minimum Gasteiger partial charge on any atom is -0.355 e. The van der Waals surface area contributed by atoms with E-state index in [0.717, 1.165) is 18.5 Å². The molecule has 0 saturated heterocycles. The van der Waals surface area contributed by atoms with E-state index in [1.807, 2.05) is 0 Å². The van der Waals surface area contributed by atoms with Gasteiger partial charge in [-0.15, -0.1) is 0 Å². The van der Waals surface area contributed by atoms with Crippen LogP contribution in [0.1, 0.15) is 23.1 Å². The summed E-state index contributed by atoms with van der Waals surface area (Å²) in [5, 5.41) is 2.72. The van der Waals surface area contributed by atoms with Crippen LogP contribution in [0.5, 0.6) is 0 Å². The van der Waals surface area contributed by atoms with E-state index >= 15 is 0 Å². The lowest BCUT2D eigenvalue weighted by molar-refractivity contribution is 0.597. The summed E-state index contributed by atoms with van der Waals surface area (Å²) in [6.07, 6.45) is 2.01. The highest BCUT2D eigenvalue weighted by molar-refractivity contribution is 7.90. The fourth-order valence-electron chi connectivity index (χ4n) is 2.62. The number of halogens is 4. The van der Waals surface area contributed by atoms with Crippen LogP contribution in [0.15, 0.2) is 35.5 Å². The number of hydrogen-bond donors (Lipinski definition) is 2. The molecule has 148 valence electrons. The van der Waals surface area contributed by atoms with Crippen LogP contribution in [-0.4, -0.2) is 29.6 Å². The van der Waals surface area contributed by atoms with E-state index in [1.54, 1.807) is 6.92 Å². The number of aryl methyl sites for hydroxylation is 1. The fourth-order valence-corrected chi connectivity index (χ4v) is 3.89. The lowest BCUT2D eigenvalue weighted by Crippen LogP contribution is -2.16. The predicted octanol–water partition coefficient (Wildman–Crippen LogP) is 4.30. The average molecular weight is 447 g/mol. The Balaban J connectivity index is 2.13. The molecule has 6 nitrogen and oxygen atoms in total. The van der Waals surface area contributed by atoms with Crippen LogP contribution in [0.3, 0.4) is 0 Å². The van der Waals surface area contributed by atoms with Crippen LogP contribution >= 0.6 is 23.2 Å². The third-order valence-corrected chi connectivity index (χ3v) is 5.53. The normalized spacial score (nSPS) is 12.8. The number of aromatic nitrogens is 3. The van der Waals surface area contributed by atoms with Crippen LogP contribution in [0, 0.1) is 18.6 Å². The fraction of sp³-hybridized carbons (Fsp3) is 0.176. The maximum Gasteiger partial charge on any atom is 0.194 e. The summed E-state index contributed by atoms with van der Waals surface area (Å²) in [6, 6.07) is 4.24. The van der Waals surface area contributed by atoms with Crippen molar-refractivity contribution in [1.82, 2.24) is 15.0 Å². The van der Waals surface area contributed by atoms with Gasteiger partial charge in [0, 0.05) is 6.26 Å². The molecule has 0 aliphatic heterocycles. The molecule has 0 fully saturated rings.